The lowest BCUT2D eigenvalue weighted by Crippen LogP contribution is -2.58. The molecule has 0 aromatic rings. The molecule has 16 heavy (non-hydrogen) atoms. The molecule has 0 saturated carbocycles. The number of carbonyl (C=O) groups excluding carboxylic acids is 2. The van der Waals surface area contributed by atoms with Gasteiger partial charge in [-0.15, -0.1) is 0 Å². The van der Waals surface area contributed by atoms with Crippen LogP contribution in [0.15, 0.2) is 0 Å². The molecule has 0 aromatic carbocycles. The van der Waals surface area contributed by atoms with Crippen LogP contribution < -0.4 is 11.5 Å². The lowest BCUT2D eigenvalue weighted by atomic mass is 9.96. The first-order chi connectivity index (χ1) is 6.99. The van der Waals surface area contributed by atoms with E-state index in [1.165, 1.54) is 0 Å². The maximum atomic E-state index is 11.5. The van der Waals surface area contributed by atoms with Crippen LogP contribution in [0.1, 0.15) is 27.2 Å². The minimum atomic E-state index is -2.43. The van der Waals surface area contributed by atoms with Gasteiger partial charge in [0.1, 0.15) is 5.60 Å². The van der Waals surface area contributed by atoms with Crippen LogP contribution in [-0.2, 0) is 19.1 Å². The topological polar surface area (TPSA) is 133 Å². The molecule has 0 bridgehead atoms. The minimum Gasteiger partial charge on any atom is -0.479 e. The van der Waals surface area contributed by atoms with Crippen LogP contribution in [0.5, 0.6) is 0 Å². The number of nitrogens with two attached hydrogens (primary N) is 2. The highest BCUT2D eigenvalue weighted by molar-refractivity contribution is 6.07. The molecule has 1 unspecified atom stereocenters. The van der Waals surface area contributed by atoms with Gasteiger partial charge < -0.3 is 21.3 Å². The maximum Gasteiger partial charge on any atom is 0.338 e. The van der Waals surface area contributed by atoms with Crippen molar-refractivity contribution < 1.29 is 24.2 Å². The SMILES string of the molecule is CC(C)(C)OC(=O)C(N)(CC(N)=O)C(=O)O. The molecule has 0 aromatic heterocycles. The van der Waals surface area contributed by atoms with Crippen LogP contribution in [0, 0.1) is 0 Å². The lowest BCUT2D eigenvalue weighted by Gasteiger charge is -2.27. The Hall–Kier alpha value is -1.63. The van der Waals surface area contributed by atoms with Gasteiger partial charge in [0.15, 0.2) is 0 Å². The molecule has 0 saturated heterocycles. The average Bonchev–Trinajstić information content (AvgIpc) is 1.98. The Morgan fingerprint density at radius 3 is 1.94 bits per heavy atom. The number of hydrogen-bond acceptors (Lipinski definition) is 5. The van der Waals surface area contributed by atoms with E-state index >= 15 is 0 Å². The normalized spacial score (nSPS) is 15.0. The van der Waals surface area contributed by atoms with Crippen LogP contribution in [0.25, 0.3) is 0 Å². The van der Waals surface area contributed by atoms with Crippen LogP contribution in [-0.4, -0.2) is 34.1 Å². The van der Waals surface area contributed by atoms with E-state index in [4.69, 9.17) is 21.3 Å². The monoisotopic (exact) mass is 232 g/mol. The van der Waals surface area contributed by atoms with Crippen LogP contribution in [0.2, 0.25) is 0 Å². The zero-order chi connectivity index (χ0) is 13.1. The molecule has 7 nitrogen and oxygen atoms in total. The van der Waals surface area contributed by atoms with Crippen molar-refractivity contribution in [1.29, 1.82) is 0 Å². The van der Waals surface area contributed by atoms with E-state index in [1.807, 2.05) is 0 Å². The molecule has 0 aliphatic rings. The number of amides is 1. The smallest absolute Gasteiger partial charge is 0.338 e. The summed E-state index contributed by atoms with van der Waals surface area (Å²) in [7, 11) is 0. The second-order valence-corrected chi connectivity index (χ2v) is 4.42. The third-order valence-electron chi connectivity index (χ3n) is 1.60. The Bertz CT molecular complexity index is 320. The first-order valence-corrected chi connectivity index (χ1v) is 4.53. The molecule has 1 atom stereocenters. The fraction of sp³-hybridized carbons (Fsp3) is 0.667. The number of ether oxygens (including phenoxy) is 1. The summed E-state index contributed by atoms with van der Waals surface area (Å²) in [6.45, 7) is 4.66. The predicted octanol–water partition coefficient (Wildman–Crippen LogP) is -1.01. The van der Waals surface area contributed by atoms with Crippen molar-refractivity contribution in [2.24, 2.45) is 11.5 Å². The van der Waals surface area contributed by atoms with Crippen molar-refractivity contribution in [3.05, 3.63) is 0 Å². The lowest BCUT2D eigenvalue weighted by molar-refractivity contribution is -0.170. The number of rotatable bonds is 4. The van der Waals surface area contributed by atoms with Crippen molar-refractivity contribution in [3.63, 3.8) is 0 Å². The van der Waals surface area contributed by atoms with Crippen LogP contribution >= 0.6 is 0 Å². The van der Waals surface area contributed by atoms with Crippen molar-refractivity contribution in [2.75, 3.05) is 0 Å². The summed E-state index contributed by atoms with van der Waals surface area (Å²) in [5.41, 5.74) is 6.82. The summed E-state index contributed by atoms with van der Waals surface area (Å²) in [5, 5.41) is 8.82. The van der Waals surface area contributed by atoms with Crippen molar-refractivity contribution in [1.82, 2.24) is 0 Å². The number of hydrogen-bond donors (Lipinski definition) is 3. The molecule has 0 fully saturated rings. The van der Waals surface area contributed by atoms with Gasteiger partial charge in [0.2, 0.25) is 11.4 Å². The summed E-state index contributed by atoms with van der Waals surface area (Å²) in [6, 6.07) is 0. The van der Waals surface area contributed by atoms with Gasteiger partial charge in [-0.25, -0.2) is 9.59 Å². The fourth-order valence-electron chi connectivity index (χ4n) is 0.879. The highest BCUT2D eigenvalue weighted by Crippen LogP contribution is 2.16. The molecule has 0 radical (unpaired) electrons. The Labute approximate surface area is 92.7 Å². The minimum absolute atomic E-state index is 0.808. The molecule has 5 N–H and O–H groups in total. The van der Waals surface area contributed by atoms with Crippen molar-refractivity contribution in [3.8, 4) is 0 Å². The van der Waals surface area contributed by atoms with Gasteiger partial charge in [-0.2, -0.15) is 0 Å². The van der Waals surface area contributed by atoms with E-state index in [0.29, 0.717) is 0 Å². The number of aliphatic carboxylic acids is 1. The molecule has 0 rings (SSSR count). The molecular weight excluding hydrogens is 216 g/mol. The third kappa shape index (κ3) is 3.85. The van der Waals surface area contributed by atoms with Gasteiger partial charge >= 0.3 is 11.9 Å². The summed E-state index contributed by atoms with van der Waals surface area (Å²) >= 11 is 0. The van der Waals surface area contributed by atoms with Crippen LogP contribution in [0.3, 0.4) is 0 Å². The van der Waals surface area contributed by atoms with Gasteiger partial charge in [0, 0.05) is 0 Å². The number of primary amides is 1. The largest absolute Gasteiger partial charge is 0.479 e. The van der Waals surface area contributed by atoms with Gasteiger partial charge in [-0.3, -0.25) is 4.79 Å². The standard InChI is InChI=1S/C9H16N2O5/c1-8(2,3)16-7(15)9(11,6(13)14)4-5(10)12/h4,11H2,1-3H3,(H2,10,12)(H,13,14). The van der Waals surface area contributed by atoms with Gasteiger partial charge in [0.05, 0.1) is 6.42 Å². The zero-order valence-corrected chi connectivity index (χ0v) is 9.44. The Morgan fingerprint density at radius 1 is 1.25 bits per heavy atom. The highest BCUT2D eigenvalue weighted by Gasteiger charge is 2.46. The van der Waals surface area contributed by atoms with E-state index in [0.717, 1.165) is 0 Å². The Morgan fingerprint density at radius 2 is 1.69 bits per heavy atom. The predicted molar refractivity (Wildman–Crippen MR) is 54.2 cm³/mol. The van der Waals surface area contributed by atoms with Gasteiger partial charge in [0.25, 0.3) is 0 Å². The second-order valence-electron chi connectivity index (χ2n) is 4.42. The molecule has 0 spiro atoms. The van der Waals surface area contributed by atoms with E-state index in [2.05, 4.69) is 0 Å². The maximum absolute atomic E-state index is 11.5. The highest BCUT2D eigenvalue weighted by atomic mass is 16.6. The fourth-order valence-corrected chi connectivity index (χ4v) is 0.879. The Kier molecular flexibility index (Phi) is 4.02. The van der Waals surface area contributed by atoms with E-state index in [9.17, 15) is 14.4 Å². The van der Waals surface area contributed by atoms with Crippen LogP contribution in [0.4, 0.5) is 0 Å². The molecule has 0 heterocycles. The van der Waals surface area contributed by atoms with Crippen molar-refractivity contribution in [2.45, 2.75) is 38.3 Å². The van der Waals surface area contributed by atoms with Gasteiger partial charge in [-0.05, 0) is 20.8 Å². The molecule has 0 aliphatic carbocycles. The zero-order valence-electron chi connectivity index (χ0n) is 9.44. The summed E-state index contributed by atoms with van der Waals surface area (Å²) in [5.74, 6) is -3.83. The van der Waals surface area contributed by atoms with E-state index in [1.54, 1.807) is 20.8 Å². The molecule has 7 heteroatoms. The first-order valence-electron chi connectivity index (χ1n) is 4.53. The van der Waals surface area contributed by atoms with Crippen molar-refractivity contribution >= 4 is 17.8 Å². The number of esters is 1. The number of carboxylic acids is 1. The summed E-state index contributed by atoms with van der Waals surface area (Å²) < 4.78 is 4.81. The van der Waals surface area contributed by atoms with E-state index < -0.39 is 35.4 Å². The molecule has 92 valence electrons. The number of carboxylic acid groups (broad SMARTS) is 1. The molecular formula is C9H16N2O5. The average molecular weight is 232 g/mol. The van der Waals surface area contributed by atoms with Gasteiger partial charge in [-0.1, -0.05) is 0 Å². The third-order valence-corrected chi connectivity index (χ3v) is 1.60. The Balaban J connectivity index is 4.99. The summed E-state index contributed by atoms with van der Waals surface area (Å²) in [4.78, 5) is 33.0. The quantitative estimate of drug-likeness (QED) is 0.420. The molecule has 0 aliphatic heterocycles. The number of carbonyl (C=O) groups is 3. The molecule has 1 amide bonds. The second kappa shape index (κ2) is 4.48. The first kappa shape index (κ1) is 14.4. The van der Waals surface area contributed by atoms with E-state index in [-0.39, 0.29) is 0 Å². The summed E-state index contributed by atoms with van der Waals surface area (Å²) in [6.07, 6.45) is -0.808.